The van der Waals surface area contributed by atoms with Crippen molar-refractivity contribution in [1.29, 1.82) is 0 Å². The summed E-state index contributed by atoms with van der Waals surface area (Å²) in [6.07, 6.45) is 7.82. The monoisotopic (exact) mass is 490 g/mol. The van der Waals surface area contributed by atoms with Crippen molar-refractivity contribution in [2.75, 3.05) is 39.3 Å². The first-order chi connectivity index (χ1) is 17.3. The second-order valence-corrected chi connectivity index (χ2v) is 10.9. The van der Waals surface area contributed by atoms with Gasteiger partial charge in [0.05, 0.1) is 0 Å². The van der Waals surface area contributed by atoms with E-state index in [4.69, 9.17) is 0 Å². The predicted molar refractivity (Wildman–Crippen MR) is 150 cm³/mol. The van der Waals surface area contributed by atoms with Crippen LogP contribution in [0, 0.1) is 25.7 Å². The van der Waals surface area contributed by atoms with Gasteiger partial charge >= 0.3 is 0 Å². The molecule has 2 fully saturated rings. The molecule has 196 valence electrons. The Balaban J connectivity index is 0.000000201. The molecule has 2 heterocycles. The minimum atomic E-state index is 0.101. The Kier molecular flexibility index (Phi) is 11.3. The second kappa shape index (κ2) is 14.4. The molecule has 36 heavy (non-hydrogen) atoms. The molecule has 0 bridgehead atoms. The molecule has 0 spiro atoms. The Hall–Kier alpha value is -2.30. The third-order valence-electron chi connectivity index (χ3n) is 7.57. The Bertz CT molecular complexity index is 974. The van der Waals surface area contributed by atoms with E-state index < -0.39 is 0 Å². The van der Waals surface area contributed by atoms with Crippen molar-refractivity contribution in [3.8, 4) is 0 Å². The van der Waals surface area contributed by atoms with Gasteiger partial charge in [0.15, 0.2) is 11.6 Å². The van der Waals surface area contributed by atoms with Gasteiger partial charge in [-0.05, 0) is 77.3 Å². The lowest BCUT2D eigenvalue weighted by atomic mass is 9.95. The molecule has 0 aliphatic carbocycles. The maximum Gasteiger partial charge on any atom is 0.167 e. The highest BCUT2D eigenvalue weighted by Crippen LogP contribution is 2.17. The largest absolute Gasteiger partial charge is 0.303 e. The summed E-state index contributed by atoms with van der Waals surface area (Å²) in [5.41, 5.74) is 4.00. The molecule has 2 unspecified atom stereocenters. The van der Waals surface area contributed by atoms with Crippen molar-refractivity contribution in [1.82, 2.24) is 9.80 Å². The number of nitrogens with zero attached hydrogens (tertiary/aromatic N) is 2. The van der Waals surface area contributed by atoms with E-state index in [0.29, 0.717) is 5.78 Å². The quantitative estimate of drug-likeness (QED) is 0.391. The van der Waals surface area contributed by atoms with E-state index in [1.807, 2.05) is 62.4 Å². The van der Waals surface area contributed by atoms with E-state index >= 15 is 0 Å². The minimum absolute atomic E-state index is 0.101. The van der Waals surface area contributed by atoms with Crippen LogP contribution in [0.2, 0.25) is 0 Å². The van der Waals surface area contributed by atoms with Crippen LogP contribution in [0.1, 0.15) is 84.2 Å². The number of rotatable bonds is 8. The van der Waals surface area contributed by atoms with Crippen LogP contribution in [0.3, 0.4) is 0 Å². The molecular weight excluding hydrogens is 444 g/mol. The number of hydrogen-bond donors (Lipinski definition) is 0. The number of hydrogen-bond acceptors (Lipinski definition) is 4. The van der Waals surface area contributed by atoms with Gasteiger partial charge in [-0.25, -0.2) is 0 Å². The molecule has 0 radical (unpaired) electrons. The summed E-state index contributed by atoms with van der Waals surface area (Å²) in [5, 5.41) is 0. The molecule has 0 N–H and O–H groups in total. The Morgan fingerprint density at radius 1 is 0.694 bits per heavy atom. The Morgan fingerprint density at radius 3 is 1.75 bits per heavy atom. The first-order valence-electron chi connectivity index (χ1n) is 14.0. The number of ketones is 2. The zero-order valence-corrected chi connectivity index (χ0v) is 23.0. The van der Waals surface area contributed by atoms with Gasteiger partial charge in [-0.2, -0.15) is 0 Å². The van der Waals surface area contributed by atoms with E-state index in [9.17, 15) is 9.59 Å². The van der Waals surface area contributed by atoms with E-state index in [1.54, 1.807) is 0 Å². The molecule has 4 rings (SSSR count). The second-order valence-electron chi connectivity index (χ2n) is 10.9. The summed E-state index contributed by atoms with van der Waals surface area (Å²) in [4.78, 5) is 29.6. The normalized spacial score (nSPS) is 18.6. The molecular formula is C32H46N2O2. The van der Waals surface area contributed by atoms with E-state index in [1.165, 1.54) is 38.5 Å². The van der Waals surface area contributed by atoms with Crippen molar-refractivity contribution in [2.24, 2.45) is 11.8 Å². The molecule has 2 atom stereocenters. The van der Waals surface area contributed by atoms with Crippen LogP contribution in [-0.2, 0) is 0 Å². The summed E-state index contributed by atoms with van der Waals surface area (Å²) < 4.78 is 0. The lowest BCUT2D eigenvalue weighted by Crippen LogP contribution is -2.35. The number of likely N-dealkylation sites (tertiary alicyclic amines) is 2. The van der Waals surface area contributed by atoms with Gasteiger partial charge in [0, 0.05) is 36.1 Å². The Labute approximate surface area is 219 Å². The average Bonchev–Trinajstić information content (AvgIpc) is 2.89. The summed E-state index contributed by atoms with van der Waals surface area (Å²) >= 11 is 0. The van der Waals surface area contributed by atoms with Gasteiger partial charge in [0.2, 0.25) is 0 Å². The molecule has 0 aromatic heterocycles. The maximum absolute atomic E-state index is 12.4. The number of benzene rings is 2. The fourth-order valence-corrected chi connectivity index (χ4v) is 5.42. The average molecular weight is 491 g/mol. The SMILES string of the molecule is Cc1cccc(C(=O)C(C)CN2CCCCC2)c1.Cc1ccccc1C(=O)C(C)CN1CCCCC1. The van der Waals surface area contributed by atoms with Crippen LogP contribution in [0.4, 0.5) is 0 Å². The predicted octanol–water partition coefficient (Wildman–Crippen LogP) is 6.60. The lowest BCUT2D eigenvalue weighted by Gasteiger charge is -2.28. The smallest absolute Gasteiger partial charge is 0.167 e. The molecule has 2 aliphatic heterocycles. The fraction of sp³-hybridized carbons (Fsp3) is 0.562. The standard InChI is InChI=1S/2C16H23NO/c1-13-8-4-5-9-15(13)16(18)14(2)12-17-10-6-3-7-11-17;1-13-7-6-8-15(11-13)16(18)14(2)12-17-9-4-3-5-10-17/h4-5,8-9,14H,3,6-7,10-12H2,1-2H3;6-8,11,14H,3-5,9-10,12H2,1-2H3. The van der Waals surface area contributed by atoms with Gasteiger partial charge in [-0.1, -0.05) is 74.7 Å². The molecule has 0 amide bonds. The highest BCUT2D eigenvalue weighted by Gasteiger charge is 2.21. The summed E-state index contributed by atoms with van der Waals surface area (Å²) in [5.74, 6) is 0.775. The zero-order valence-electron chi connectivity index (χ0n) is 23.0. The molecule has 0 saturated carbocycles. The van der Waals surface area contributed by atoms with E-state index in [2.05, 4.69) is 23.6 Å². The van der Waals surface area contributed by atoms with Crippen LogP contribution in [0.25, 0.3) is 0 Å². The van der Waals surface area contributed by atoms with Crippen molar-refractivity contribution in [3.05, 3.63) is 70.8 Å². The summed E-state index contributed by atoms with van der Waals surface area (Å²) in [7, 11) is 0. The highest BCUT2D eigenvalue weighted by molar-refractivity contribution is 5.99. The third kappa shape index (κ3) is 8.67. The van der Waals surface area contributed by atoms with Crippen LogP contribution in [0.15, 0.2) is 48.5 Å². The van der Waals surface area contributed by atoms with Crippen LogP contribution < -0.4 is 0 Å². The minimum Gasteiger partial charge on any atom is -0.303 e. The topological polar surface area (TPSA) is 40.6 Å². The van der Waals surface area contributed by atoms with Crippen LogP contribution >= 0.6 is 0 Å². The first-order valence-corrected chi connectivity index (χ1v) is 14.0. The summed E-state index contributed by atoms with van der Waals surface area (Å²) in [6, 6.07) is 15.8. The third-order valence-corrected chi connectivity index (χ3v) is 7.57. The van der Waals surface area contributed by atoms with Crippen molar-refractivity contribution in [3.63, 3.8) is 0 Å². The maximum atomic E-state index is 12.4. The van der Waals surface area contributed by atoms with Crippen molar-refractivity contribution < 1.29 is 9.59 Å². The molecule has 2 aliphatic rings. The van der Waals surface area contributed by atoms with E-state index in [-0.39, 0.29) is 17.6 Å². The summed E-state index contributed by atoms with van der Waals surface area (Å²) in [6.45, 7) is 14.6. The van der Waals surface area contributed by atoms with Gasteiger partial charge in [0.25, 0.3) is 0 Å². The lowest BCUT2D eigenvalue weighted by molar-refractivity contribution is 0.0876. The van der Waals surface area contributed by atoms with Gasteiger partial charge in [-0.3, -0.25) is 9.59 Å². The Morgan fingerprint density at radius 2 is 1.22 bits per heavy atom. The molecule has 2 saturated heterocycles. The molecule has 4 nitrogen and oxygen atoms in total. The van der Waals surface area contributed by atoms with Crippen molar-refractivity contribution >= 4 is 11.6 Å². The number of piperidine rings is 2. The number of carbonyl (C=O) groups is 2. The number of carbonyl (C=O) groups excluding carboxylic acids is 2. The highest BCUT2D eigenvalue weighted by atomic mass is 16.1. The van der Waals surface area contributed by atoms with Gasteiger partial charge in [-0.15, -0.1) is 0 Å². The molecule has 4 heteroatoms. The van der Waals surface area contributed by atoms with Gasteiger partial charge in [0.1, 0.15) is 0 Å². The number of aryl methyl sites for hydroxylation is 2. The molecule has 2 aromatic carbocycles. The fourth-order valence-electron chi connectivity index (χ4n) is 5.42. The number of Topliss-reactive ketones (excluding diaryl/α,β-unsaturated/α-hetero) is 2. The van der Waals surface area contributed by atoms with Gasteiger partial charge < -0.3 is 9.80 Å². The van der Waals surface area contributed by atoms with Crippen LogP contribution in [-0.4, -0.2) is 60.6 Å². The van der Waals surface area contributed by atoms with Crippen molar-refractivity contribution in [2.45, 2.75) is 66.2 Å². The molecule has 2 aromatic rings. The van der Waals surface area contributed by atoms with E-state index in [0.717, 1.165) is 61.5 Å². The zero-order chi connectivity index (χ0) is 25.9. The first kappa shape index (κ1) is 28.3. The van der Waals surface area contributed by atoms with Crippen LogP contribution in [0.5, 0.6) is 0 Å².